The third kappa shape index (κ3) is 5.48. The van der Waals surface area contributed by atoms with Gasteiger partial charge in [0.15, 0.2) is 9.84 Å². The van der Waals surface area contributed by atoms with Gasteiger partial charge in [0.1, 0.15) is 11.4 Å². The van der Waals surface area contributed by atoms with E-state index in [0.717, 1.165) is 18.4 Å². The summed E-state index contributed by atoms with van der Waals surface area (Å²) in [5, 5.41) is 3.11. The zero-order chi connectivity index (χ0) is 28.9. The molecule has 0 bridgehead atoms. The van der Waals surface area contributed by atoms with E-state index in [1.54, 1.807) is 0 Å². The molecule has 2 fully saturated rings. The predicted octanol–water partition coefficient (Wildman–Crippen LogP) is 4.72. The maximum Gasteiger partial charge on any atom is 0.416 e. The van der Waals surface area contributed by atoms with Crippen LogP contribution in [0, 0.1) is 11.7 Å². The van der Waals surface area contributed by atoms with Gasteiger partial charge in [0, 0.05) is 30.4 Å². The number of carbonyl (C=O) groups excluding carboxylic acids is 2. The van der Waals surface area contributed by atoms with Crippen LogP contribution in [0.25, 0.3) is 0 Å². The normalized spacial score (nSPS) is 20.8. The van der Waals surface area contributed by atoms with E-state index in [2.05, 4.69) is 5.32 Å². The van der Waals surface area contributed by atoms with Crippen LogP contribution in [0.1, 0.15) is 66.9 Å². The van der Waals surface area contributed by atoms with Crippen LogP contribution in [0.5, 0.6) is 0 Å². The molecule has 212 valence electrons. The Labute approximate surface area is 224 Å². The van der Waals surface area contributed by atoms with Crippen LogP contribution in [0.2, 0.25) is 0 Å². The molecule has 1 aliphatic heterocycles. The average Bonchev–Trinajstić information content (AvgIpc) is 3.55. The number of hydrogen-bond acceptors (Lipinski definition) is 5. The van der Waals surface area contributed by atoms with E-state index in [1.807, 2.05) is 13.8 Å². The van der Waals surface area contributed by atoms with Gasteiger partial charge in [-0.15, -0.1) is 0 Å². The lowest BCUT2D eigenvalue weighted by molar-refractivity contribution is -0.138. The van der Waals surface area contributed by atoms with Crippen LogP contribution < -0.4 is 11.1 Å². The van der Waals surface area contributed by atoms with Crippen molar-refractivity contribution >= 4 is 27.3 Å². The van der Waals surface area contributed by atoms with Gasteiger partial charge in [-0.3, -0.25) is 9.59 Å². The van der Waals surface area contributed by atoms with E-state index in [4.69, 9.17) is 5.73 Å². The Bertz CT molecular complexity index is 1410. The number of hydrogen-bond donors (Lipinski definition) is 2. The molecule has 2 amide bonds. The molecule has 7 nitrogen and oxygen atoms in total. The smallest absolute Gasteiger partial charge is 0.382 e. The number of benzene rings is 2. The quantitative estimate of drug-likeness (QED) is 0.447. The summed E-state index contributed by atoms with van der Waals surface area (Å²) >= 11 is 0. The first-order valence-electron chi connectivity index (χ1n) is 12.7. The lowest BCUT2D eigenvalue weighted by atomic mass is 9.73. The minimum absolute atomic E-state index is 0.00147. The molecule has 2 aromatic carbocycles. The number of halogens is 4. The van der Waals surface area contributed by atoms with Crippen molar-refractivity contribution in [3.05, 3.63) is 58.9 Å². The monoisotopic (exact) mass is 569 g/mol. The molecule has 0 spiro atoms. The van der Waals surface area contributed by atoms with Gasteiger partial charge in [0.05, 0.1) is 16.0 Å². The Morgan fingerprint density at radius 1 is 1.13 bits per heavy atom. The second kappa shape index (κ2) is 10.1. The van der Waals surface area contributed by atoms with Gasteiger partial charge in [0.2, 0.25) is 5.91 Å². The van der Waals surface area contributed by atoms with E-state index < -0.39 is 50.7 Å². The summed E-state index contributed by atoms with van der Waals surface area (Å²) in [4.78, 5) is 28.6. The summed E-state index contributed by atoms with van der Waals surface area (Å²) < 4.78 is 79.6. The molecule has 0 aromatic heterocycles. The molecule has 2 atom stereocenters. The molecule has 39 heavy (non-hydrogen) atoms. The van der Waals surface area contributed by atoms with Crippen molar-refractivity contribution in [1.82, 2.24) is 4.90 Å². The Morgan fingerprint density at radius 3 is 2.31 bits per heavy atom. The second-order valence-electron chi connectivity index (χ2n) is 10.7. The van der Waals surface area contributed by atoms with Gasteiger partial charge < -0.3 is 16.0 Å². The molecular weight excluding hydrogens is 538 g/mol. The number of sulfone groups is 1. The summed E-state index contributed by atoms with van der Waals surface area (Å²) in [6, 6.07) is 6.15. The fraction of sp³-hybridized carbons (Fsp3) is 0.481. The summed E-state index contributed by atoms with van der Waals surface area (Å²) in [7, 11) is -3.69. The van der Waals surface area contributed by atoms with Crippen molar-refractivity contribution in [2.45, 2.75) is 68.1 Å². The van der Waals surface area contributed by atoms with E-state index in [9.17, 15) is 31.2 Å². The van der Waals surface area contributed by atoms with Crippen LogP contribution in [0.4, 0.5) is 23.2 Å². The number of nitrogens with two attached hydrogens (primary N) is 1. The number of nitrogens with zero attached hydrogens (tertiary/aromatic N) is 1. The van der Waals surface area contributed by atoms with Crippen LogP contribution in [0.3, 0.4) is 0 Å². The predicted molar refractivity (Wildman–Crippen MR) is 137 cm³/mol. The number of alkyl halides is 3. The van der Waals surface area contributed by atoms with Crippen LogP contribution >= 0.6 is 0 Å². The van der Waals surface area contributed by atoms with Crippen molar-refractivity contribution in [3.63, 3.8) is 0 Å². The van der Waals surface area contributed by atoms with Crippen molar-refractivity contribution < 1.29 is 35.6 Å². The maximum atomic E-state index is 15.3. The first kappa shape index (κ1) is 28.8. The molecule has 4 rings (SSSR count). The standard InChI is InChI=1S/C27H31F4N3O4S/c1-15(2)33-22-10-8-18(39(3,37)38)14-20(22)24(35)34-12-4-11-26(34,25(32)36)23(16-5-6-16)19-9-7-17(13-21(19)28)27(29,30)31/h7-10,13-16,23,33H,4-6,11-12H2,1-3H3,(H2,32,36)/t23-,26+/m1/s1. The zero-order valence-corrected chi connectivity index (χ0v) is 22.6. The number of rotatable bonds is 8. The SMILES string of the molecule is CC(C)Nc1ccc(S(C)(=O)=O)cc1C(=O)N1CCC[C@@]1(C(N)=O)[C@@H](c1ccc(C(F)(F)F)cc1F)C1CC1. The van der Waals surface area contributed by atoms with Gasteiger partial charge in [-0.1, -0.05) is 6.07 Å². The second-order valence-corrected chi connectivity index (χ2v) is 12.7. The average molecular weight is 570 g/mol. The molecule has 1 saturated carbocycles. The Hall–Kier alpha value is -3.15. The molecule has 2 aliphatic rings. The summed E-state index contributed by atoms with van der Waals surface area (Å²) in [5.74, 6) is -3.92. The van der Waals surface area contributed by atoms with Gasteiger partial charge >= 0.3 is 6.18 Å². The van der Waals surface area contributed by atoms with Gasteiger partial charge in [-0.25, -0.2) is 12.8 Å². The molecule has 3 N–H and O–H groups in total. The van der Waals surface area contributed by atoms with Crippen LogP contribution in [-0.4, -0.2) is 49.5 Å². The Kier molecular flexibility index (Phi) is 7.48. The first-order valence-corrected chi connectivity index (χ1v) is 14.6. The lowest BCUT2D eigenvalue weighted by Gasteiger charge is -2.43. The highest BCUT2D eigenvalue weighted by Crippen LogP contribution is 2.54. The Morgan fingerprint density at radius 2 is 1.79 bits per heavy atom. The van der Waals surface area contributed by atoms with E-state index in [-0.39, 0.29) is 40.9 Å². The topological polar surface area (TPSA) is 110 Å². The molecule has 12 heteroatoms. The highest BCUT2D eigenvalue weighted by molar-refractivity contribution is 7.90. The highest BCUT2D eigenvalue weighted by atomic mass is 32.2. The van der Waals surface area contributed by atoms with Crippen molar-refractivity contribution in [2.75, 3.05) is 18.1 Å². The Balaban J connectivity index is 1.86. The fourth-order valence-corrected chi connectivity index (χ4v) is 6.30. The first-order chi connectivity index (χ1) is 18.1. The van der Waals surface area contributed by atoms with Crippen LogP contribution in [-0.2, 0) is 20.8 Å². The molecule has 2 aromatic rings. The van der Waals surface area contributed by atoms with Gasteiger partial charge in [-0.05, 0) is 81.3 Å². The third-order valence-electron chi connectivity index (χ3n) is 7.46. The number of likely N-dealkylation sites (tertiary alicyclic amines) is 1. The minimum atomic E-state index is -4.75. The molecule has 0 radical (unpaired) electrons. The number of primary amides is 1. The molecular formula is C27H31F4N3O4S. The number of anilines is 1. The summed E-state index contributed by atoms with van der Waals surface area (Å²) in [5.41, 5.74) is 3.33. The van der Waals surface area contributed by atoms with Crippen LogP contribution in [0.15, 0.2) is 41.3 Å². The molecule has 1 heterocycles. The van der Waals surface area contributed by atoms with E-state index in [1.165, 1.54) is 23.1 Å². The molecule has 1 aliphatic carbocycles. The third-order valence-corrected chi connectivity index (χ3v) is 8.57. The summed E-state index contributed by atoms with van der Waals surface area (Å²) in [6.45, 7) is 3.75. The van der Waals surface area contributed by atoms with Crippen molar-refractivity contribution in [3.8, 4) is 0 Å². The zero-order valence-electron chi connectivity index (χ0n) is 21.8. The van der Waals surface area contributed by atoms with E-state index >= 15 is 4.39 Å². The fourth-order valence-electron chi connectivity index (χ4n) is 5.66. The maximum absolute atomic E-state index is 15.3. The molecule has 1 saturated heterocycles. The highest BCUT2D eigenvalue weighted by Gasteiger charge is 2.59. The lowest BCUT2D eigenvalue weighted by Crippen LogP contribution is -2.60. The summed E-state index contributed by atoms with van der Waals surface area (Å²) in [6.07, 6.45) is -2.13. The number of nitrogens with one attached hydrogen (secondary N) is 1. The number of carbonyl (C=O) groups is 2. The van der Waals surface area contributed by atoms with E-state index in [0.29, 0.717) is 31.0 Å². The van der Waals surface area contributed by atoms with Gasteiger partial charge in [0.25, 0.3) is 5.91 Å². The van der Waals surface area contributed by atoms with Gasteiger partial charge in [-0.2, -0.15) is 13.2 Å². The number of amides is 2. The molecule has 0 unspecified atom stereocenters. The minimum Gasteiger partial charge on any atom is -0.382 e. The van der Waals surface area contributed by atoms with Crippen molar-refractivity contribution in [1.29, 1.82) is 0 Å². The largest absolute Gasteiger partial charge is 0.416 e. The van der Waals surface area contributed by atoms with Crippen molar-refractivity contribution in [2.24, 2.45) is 11.7 Å².